The molecule has 0 aliphatic carbocycles. The van der Waals surface area contributed by atoms with Crippen molar-refractivity contribution >= 4 is 5.57 Å². The first-order valence-corrected chi connectivity index (χ1v) is 6.19. The molecule has 0 aromatic heterocycles. The van der Waals surface area contributed by atoms with Gasteiger partial charge in [0.2, 0.25) is 0 Å². The normalized spacial score (nSPS) is 12.7. The van der Waals surface area contributed by atoms with Crippen LogP contribution in [0, 0.1) is 6.92 Å². The van der Waals surface area contributed by atoms with Crippen molar-refractivity contribution in [1.29, 1.82) is 0 Å². The van der Waals surface area contributed by atoms with E-state index in [-0.39, 0.29) is 0 Å². The molecule has 0 spiro atoms. The van der Waals surface area contributed by atoms with Crippen LogP contribution in [0.4, 0.5) is 0 Å². The summed E-state index contributed by atoms with van der Waals surface area (Å²) in [4.78, 5) is 0. The largest absolute Gasteiger partial charge is 0.0988 e. The van der Waals surface area contributed by atoms with Gasteiger partial charge >= 0.3 is 0 Å². The number of aryl methyl sites for hydroxylation is 2. The van der Waals surface area contributed by atoms with Gasteiger partial charge in [-0.05, 0) is 49.5 Å². The molecule has 0 aliphatic heterocycles. The van der Waals surface area contributed by atoms with Crippen LogP contribution >= 0.6 is 0 Å². The van der Waals surface area contributed by atoms with Gasteiger partial charge in [0.25, 0.3) is 0 Å². The Labute approximate surface area is 105 Å². The van der Waals surface area contributed by atoms with E-state index < -0.39 is 0 Å². The molecule has 0 atom stereocenters. The van der Waals surface area contributed by atoms with Crippen molar-refractivity contribution in [1.82, 2.24) is 0 Å². The third kappa shape index (κ3) is 3.20. The molecule has 0 radical (unpaired) electrons. The van der Waals surface area contributed by atoms with Gasteiger partial charge in [0.1, 0.15) is 0 Å². The van der Waals surface area contributed by atoms with E-state index in [4.69, 9.17) is 0 Å². The monoisotopic (exact) mass is 226 g/mol. The molecule has 0 amide bonds. The third-order valence-corrected chi connectivity index (χ3v) is 3.00. The second-order valence-corrected chi connectivity index (χ2v) is 4.31. The van der Waals surface area contributed by atoms with Crippen LogP contribution in [0.3, 0.4) is 0 Å². The van der Waals surface area contributed by atoms with E-state index in [2.05, 4.69) is 64.6 Å². The Morgan fingerprint density at radius 3 is 2.59 bits per heavy atom. The molecule has 1 aromatic rings. The Kier molecular flexibility index (Phi) is 4.96. The average molecular weight is 226 g/mol. The third-order valence-electron chi connectivity index (χ3n) is 3.00. The second-order valence-electron chi connectivity index (χ2n) is 4.31. The van der Waals surface area contributed by atoms with Crippen LogP contribution < -0.4 is 0 Å². The molecule has 0 heterocycles. The van der Waals surface area contributed by atoms with Gasteiger partial charge < -0.3 is 0 Å². The Balaban J connectivity index is 3.43. The Hall–Kier alpha value is -1.56. The molecule has 0 unspecified atom stereocenters. The van der Waals surface area contributed by atoms with Crippen molar-refractivity contribution < 1.29 is 0 Å². The number of hydrogen-bond donors (Lipinski definition) is 0. The Bertz CT molecular complexity index is 459. The topological polar surface area (TPSA) is 0 Å². The van der Waals surface area contributed by atoms with E-state index in [0.29, 0.717) is 0 Å². The lowest BCUT2D eigenvalue weighted by atomic mass is 9.93. The van der Waals surface area contributed by atoms with Gasteiger partial charge in [0, 0.05) is 0 Å². The van der Waals surface area contributed by atoms with E-state index in [1.165, 1.54) is 27.8 Å². The number of rotatable bonds is 4. The summed E-state index contributed by atoms with van der Waals surface area (Å²) in [6.07, 6.45) is 7.24. The summed E-state index contributed by atoms with van der Waals surface area (Å²) in [5.41, 5.74) is 6.55. The van der Waals surface area contributed by atoms with Gasteiger partial charge in [-0.15, -0.1) is 0 Å². The van der Waals surface area contributed by atoms with E-state index >= 15 is 0 Å². The van der Waals surface area contributed by atoms with Crippen molar-refractivity contribution in [2.75, 3.05) is 0 Å². The smallest absolute Gasteiger partial charge is 0.0149 e. The van der Waals surface area contributed by atoms with E-state index in [1.807, 2.05) is 6.08 Å². The highest BCUT2D eigenvalue weighted by molar-refractivity contribution is 5.79. The number of benzene rings is 1. The molecule has 0 fully saturated rings. The number of allylic oxidation sites excluding steroid dienone is 5. The van der Waals surface area contributed by atoms with Crippen molar-refractivity contribution in [3.63, 3.8) is 0 Å². The maximum absolute atomic E-state index is 3.87. The molecule has 0 saturated carbocycles. The summed E-state index contributed by atoms with van der Waals surface area (Å²) in [6, 6.07) is 6.67. The van der Waals surface area contributed by atoms with Gasteiger partial charge in [-0.25, -0.2) is 0 Å². The standard InChI is InChI=1S/C17H22/c1-6-9-16(14(5)7-2)17-11-10-13(4)12-15(17)8-3/h6-7,9-12H,2,8H2,1,3-5H3/b9-6-,16-14+. The van der Waals surface area contributed by atoms with E-state index in [9.17, 15) is 0 Å². The SMILES string of the molecule is C=C/C(C)=C(\C=C/C)c1ccc(C)cc1CC. The molecule has 0 nitrogen and oxygen atoms in total. The summed E-state index contributed by atoms with van der Waals surface area (Å²) in [5.74, 6) is 0. The van der Waals surface area contributed by atoms with Crippen LogP contribution in [0.2, 0.25) is 0 Å². The lowest BCUT2D eigenvalue weighted by molar-refractivity contribution is 1.12. The fourth-order valence-electron chi connectivity index (χ4n) is 1.99. The van der Waals surface area contributed by atoms with Gasteiger partial charge in [0.05, 0.1) is 0 Å². The zero-order valence-electron chi connectivity index (χ0n) is 11.4. The maximum Gasteiger partial charge on any atom is -0.0149 e. The fraction of sp³-hybridized carbons (Fsp3) is 0.294. The lowest BCUT2D eigenvalue weighted by Gasteiger charge is -2.12. The van der Waals surface area contributed by atoms with Crippen molar-refractivity contribution in [3.05, 3.63) is 65.3 Å². The first-order chi connectivity index (χ1) is 8.13. The summed E-state index contributed by atoms with van der Waals surface area (Å²) in [6.45, 7) is 12.4. The molecule has 0 N–H and O–H groups in total. The molecular weight excluding hydrogens is 204 g/mol. The average Bonchev–Trinajstić information content (AvgIpc) is 2.35. The van der Waals surface area contributed by atoms with Crippen molar-refractivity contribution in [3.8, 4) is 0 Å². The molecule has 0 heteroatoms. The zero-order chi connectivity index (χ0) is 12.8. The highest BCUT2D eigenvalue weighted by atomic mass is 14.1. The summed E-state index contributed by atoms with van der Waals surface area (Å²) in [7, 11) is 0. The van der Waals surface area contributed by atoms with Gasteiger partial charge in [-0.2, -0.15) is 0 Å². The molecule has 0 aliphatic rings. The summed E-state index contributed by atoms with van der Waals surface area (Å²) in [5, 5.41) is 0. The molecule has 0 saturated heterocycles. The van der Waals surface area contributed by atoms with E-state index in [0.717, 1.165) is 6.42 Å². The predicted molar refractivity (Wildman–Crippen MR) is 78.2 cm³/mol. The van der Waals surface area contributed by atoms with Gasteiger partial charge in [-0.3, -0.25) is 0 Å². The minimum atomic E-state index is 1.06. The highest BCUT2D eigenvalue weighted by Crippen LogP contribution is 2.25. The highest BCUT2D eigenvalue weighted by Gasteiger charge is 2.06. The van der Waals surface area contributed by atoms with Crippen molar-refractivity contribution in [2.24, 2.45) is 0 Å². The van der Waals surface area contributed by atoms with E-state index in [1.54, 1.807) is 0 Å². The Morgan fingerprint density at radius 2 is 2.06 bits per heavy atom. The zero-order valence-corrected chi connectivity index (χ0v) is 11.4. The maximum atomic E-state index is 3.87. The minimum absolute atomic E-state index is 1.06. The van der Waals surface area contributed by atoms with Crippen LogP contribution in [0.15, 0.2) is 48.6 Å². The first kappa shape index (κ1) is 13.5. The van der Waals surface area contributed by atoms with Crippen LogP contribution in [-0.2, 0) is 6.42 Å². The summed E-state index contributed by atoms with van der Waals surface area (Å²) < 4.78 is 0. The molecular formula is C17H22. The molecule has 1 rings (SSSR count). The Morgan fingerprint density at radius 1 is 1.35 bits per heavy atom. The summed E-state index contributed by atoms with van der Waals surface area (Å²) >= 11 is 0. The van der Waals surface area contributed by atoms with Crippen LogP contribution in [0.25, 0.3) is 5.57 Å². The van der Waals surface area contributed by atoms with Crippen molar-refractivity contribution in [2.45, 2.75) is 34.1 Å². The minimum Gasteiger partial charge on any atom is -0.0988 e. The quantitative estimate of drug-likeness (QED) is 0.627. The fourth-order valence-corrected chi connectivity index (χ4v) is 1.99. The molecule has 1 aromatic carbocycles. The van der Waals surface area contributed by atoms with Gasteiger partial charge in [0.15, 0.2) is 0 Å². The molecule has 0 bridgehead atoms. The molecule has 17 heavy (non-hydrogen) atoms. The lowest BCUT2D eigenvalue weighted by Crippen LogP contribution is -1.93. The van der Waals surface area contributed by atoms with Gasteiger partial charge in [-0.1, -0.05) is 55.5 Å². The second kappa shape index (κ2) is 6.24. The van der Waals surface area contributed by atoms with Crippen LogP contribution in [0.5, 0.6) is 0 Å². The van der Waals surface area contributed by atoms with Crippen LogP contribution in [-0.4, -0.2) is 0 Å². The molecule has 90 valence electrons. The predicted octanol–water partition coefficient (Wildman–Crippen LogP) is 5.09. The van der Waals surface area contributed by atoms with Crippen LogP contribution in [0.1, 0.15) is 37.5 Å². The number of hydrogen-bond acceptors (Lipinski definition) is 0. The first-order valence-electron chi connectivity index (χ1n) is 6.19.